The number of carbonyl (C=O) groups excluding carboxylic acids is 2. The van der Waals surface area contributed by atoms with Crippen molar-refractivity contribution in [1.29, 1.82) is 0 Å². The summed E-state index contributed by atoms with van der Waals surface area (Å²) in [6.45, 7) is 0.480. The van der Waals surface area contributed by atoms with E-state index in [2.05, 4.69) is 5.43 Å². The first-order chi connectivity index (χ1) is 6.98. The molecule has 2 aliphatic rings. The fraction of sp³-hybridized carbons (Fsp3) is 0.778. The Morgan fingerprint density at radius 2 is 2.13 bits per heavy atom. The lowest BCUT2D eigenvalue weighted by molar-refractivity contribution is -0.156. The smallest absolute Gasteiger partial charge is 0.249 e. The Morgan fingerprint density at radius 3 is 2.60 bits per heavy atom. The third kappa shape index (κ3) is 2.08. The van der Waals surface area contributed by atoms with Crippen LogP contribution in [-0.4, -0.2) is 29.3 Å². The van der Waals surface area contributed by atoms with Gasteiger partial charge in [0, 0.05) is 25.8 Å². The second kappa shape index (κ2) is 3.43. The van der Waals surface area contributed by atoms with Gasteiger partial charge in [-0.1, -0.05) is 0 Å². The number of hydrogen-bond donors (Lipinski definition) is 1. The highest BCUT2D eigenvalue weighted by atomic mass is 19.3. The Balaban J connectivity index is 1.81. The van der Waals surface area contributed by atoms with Crippen LogP contribution in [0, 0.1) is 5.92 Å². The number of rotatable bonds is 2. The number of hydrogen-bond acceptors (Lipinski definition) is 2. The summed E-state index contributed by atoms with van der Waals surface area (Å²) in [5.74, 6) is -3.95. The second-order valence-electron chi connectivity index (χ2n) is 4.09. The summed E-state index contributed by atoms with van der Waals surface area (Å²) in [7, 11) is 0. The summed E-state index contributed by atoms with van der Waals surface area (Å²) < 4.78 is 25.0. The molecule has 2 fully saturated rings. The van der Waals surface area contributed by atoms with Crippen LogP contribution in [0.5, 0.6) is 0 Å². The lowest BCUT2D eigenvalue weighted by atomic mass is 9.81. The molecule has 0 bridgehead atoms. The number of nitrogens with zero attached hydrogens (tertiary/aromatic N) is 1. The molecule has 0 aromatic carbocycles. The van der Waals surface area contributed by atoms with Crippen LogP contribution >= 0.6 is 0 Å². The highest BCUT2D eigenvalue weighted by Crippen LogP contribution is 2.42. The van der Waals surface area contributed by atoms with E-state index in [4.69, 9.17) is 0 Å². The van der Waals surface area contributed by atoms with E-state index >= 15 is 0 Å². The van der Waals surface area contributed by atoms with E-state index in [0.717, 1.165) is 0 Å². The maximum Gasteiger partial charge on any atom is 0.249 e. The van der Waals surface area contributed by atoms with Gasteiger partial charge in [-0.2, -0.15) is 0 Å². The molecule has 1 heterocycles. The quantitative estimate of drug-likeness (QED) is 0.741. The minimum atomic E-state index is -2.70. The lowest BCUT2D eigenvalue weighted by Gasteiger charge is -2.34. The van der Waals surface area contributed by atoms with Crippen molar-refractivity contribution in [2.45, 2.75) is 31.6 Å². The van der Waals surface area contributed by atoms with Crippen LogP contribution in [0.25, 0.3) is 0 Å². The van der Waals surface area contributed by atoms with Gasteiger partial charge in [-0.05, 0) is 6.42 Å². The zero-order chi connectivity index (χ0) is 11.1. The predicted octanol–water partition coefficient (Wildman–Crippen LogP) is 0.685. The summed E-state index contributed by atoms with van der Waals surface area (Å²) in [5.41, 5.74) is 2.38. The number of alkyl halides is 2. The second-order valence-corrected chi connectivity index (χ2v) is 4.09. The molecule has 6 heteroatoms. The summed E-state index contributed by atoms with van der Waals surface area (Å²) in [4.78, 5) is 22.5. The molecule has 0 unspecified atom stereocenters. The SMILES string of the molecule is O=C(NN1CCCC1=O)C1CC(F)(F)C1. The van der Waals surface area contributed by atoms with E-state index in [0.29, 0.717) is 19.4 Å². The molecule has 84 valence electrons. The van der Waals surface area contributed by atoms with Gasteiger partial charge in [0.05, 0.1) is 5.92 Å². The van der Waals surface area contributed by atoms with Crippen molar-refractivity contribution in [2.24, 2.45) is 5.92 Å². The number of hydrazine groups is 1. The Labute approximate surface area is 85.6 Å². The summed E-state index contributed by atoms with van der Waals surface area (Å²) in [6.07, 6.45) is 0.322. The van der Waals surface area contributed by atoms with Crippen LogP contribution in [0.4, 0.5) is 8.78 Å². The van der Waals surface area contributed by atoms with Crippen LogP contribution < -0.4 is 5.43 Å². The minimum absolute atomic E-state index is 0.144. The molecule has 0 aromatic rings. The van der Waals surface area contributed by atoms with Gasteiger partial charge in [-0.3, -0.25) is 20.0 Å². The highest BCUT2D eigenvalue weighted by Gasteiger charge is 2.49. The molecule has 0 radical (unpaired) electrons. The molecule has 15 heavy (non-hydrogen) atoms. The summed E-state index contributed by atoms with van der Waals surface area (Å²) >= 11 is 0. The van der Waals surface area contributed by atoms with Gasteiger partial charge in [-0.15, -0.1) is 0 Å². The lowest BCUT2D eigenvalue weighted by Crippen LogP contribution is -2.51. The topological polar surface area (TPSA) is 49.4 Å². The van der Waals surface area contributed by atoms with Crippen molar-refractivity contribution in [3.05, 3.63) is 0 Å². The molecule has 0 aromatic heterocycles. The van der Waals surface area contributed by atoms with Crippen LogP contribution in [0.15, 0.2) is 0 Å². The number of carbonyl (C=O) groups is 2. The standard InChI is InChI=1S/C9H12F2N2O2/c10-9(11)4-6(5-9)8(15)12-13-3-1-2-7(13)14/h6H,1-5H2,(H,12,15). The van der Waals surface area contributed by atoms with Gasteiger partial charge >= 0.3 is 0 Å². The van der Waals surface area contributed by atoms with Gasteiger partial charge in [0.15, 0.2) is 0 Å². The average Bonchev–Trinajstić information content (AvgIpc) is 2.47. The molecular weight excluding hydrogens is 206 g/mol. The molecular formula is C9H12F2N2O2. The Morgan fingerprint density at radius 1 is 1.47 bits per heavy atom. The molecule has 1 aliphatic carbocycles. The molecule has 0 spiro atoms. The van der Waals surface area contributed by atoms with Gasteiger partial charge < -0.3 is 0 Å². The van der Waals surface area contributed by atoms with Crippen molar-refractivity contribution in [1.82, 2.24) is 10.4 Å². The third-order valence-electron chi connectivity index (χ3n) is 2.78. The maximum absolute atomic E-state index is 12.5. The highest BCUT2D eigenvalue weighted by molar-refractivity contribution is 5.85. The zero-order valence-electron chi connectivity index (χ0n) is 8.13. The van der Waals surface area contributed by atoms with Crippen molar-refractivity contribution in [3.63, 3.8) is 0 Å². The predicted molar refractivity (Wildman–Crippen MR) is 46.8 cm³/mol. The molecule has 1 saturated heterocycles. The molecule has 1 saturated carbocycles. The van der Waals surface area contributed by atoms with Crippen LogP contribution in [0.1, 0.15) is 25.7 Å². The van der Waals surface area contributed by atoms with Crippen molar-refractivity contribution in [3.8, 4) is 0 Å². The first-order valence-corrected chi connectivity index (χ1v) is 4.97. The number of halogens is 2. The molecule has 1 aliphatic heterocycles. The molecule has 4 nitrogen and oxygen atoms in total. The van der Waals surface area contributed by atoms with Crippen molar-refractivity contribution in [2.75, 3.05) is 6.54 Å². The van der Waals surface area contributed by atoms with Crippen molar-refractivity contribution >= 4 is 11.8 Å². The largest absolute Gasteiger partial charge is 0.273 e. The van der Waals surface area contributed by atoms with Crippen LogP contribution in [-0.2, 0) is 9.59 Å². The minimum Gasteiger partial charge on any atom is -0.273 e. The Kier molecular flexibility index (Phi) is 2.36. The van der Waals surface area contributed by atoms with E-state index in [-0.39, 0.29) is 5.91 Å². The molecule has 2 amide bonds. The van der Waals surface area contributed by atoms with E-state index in [1.165, 1.54) is 5.01 Å². The van der Waals surface area contributed by atoms with Crippen molar-refractivity contribution < 1.29 is 18.4 Å². The van der Waals surface area contributed by atoms with Crippen LogP contribution in [0.3, 0.4) is 0 Å². The van der Waals surface area contributed by atoms with E-state index in [9.17, 15) is 18.4 Å². The van der Waals surface area contributed by atoms with Gasteiger partial charge in [0.2, 0.25) is 17.7 Å². The first-order valence-electron chi connectivity index (χ1n) is 4.97. The van der Waals surface area contributed by atoms with E-state index < -0.39 is 30.6 Å². The summed E-state index contributed by atoms with van der Waals surface area (Å²) in [6, 6.07) is 0. The number of nitrogens with one attached hydrogen (secondary N) is 1. The normalized spacial score (nSPS) is 25.2. The number of amides is 2. The monoisotopic (exact) mass is 218 g/mol. The Hall–Kier alpha value is -1.20. The van der Waals surface area contributed by atoms with Gasteiger partial charge in [0.1, 0.15) is 0 Å². The van der Waals surface area contributed by atoms with Gasteiger partial charge in [0.25, 0.3) is 0 Å². The van der Waals surface area contributed by atoms with Gasteiger partial charge in [-0.25, -0.2) is 8.78 Å². The fourth-order valence-electron chi connectivity index (χ4n) is 1.84. The molecule has 1 N–H and O–H groups in total. The fourth-order valence-corrected chi connectivity index (χ4v) is 1.84. The molecule has 2 rings (SSSR count). The van der Waals surface area contributed by atoms with E-state index in [1.54, 1.807) is 0 Å². The third-order valence-corrected chi connectivity index (χ3v) is 2.78. The maximum atomic E-state index is 12.5. The zero-order valence-corrected chi connectivity index (χ0v) is 8.13. The summed E-state index contributed by atoms with van der Waals surface area (Å²) in [5, 5.41) is 1.22. The van der Waals surface area contributed by atoms with E-state index in [1.807, 2.05) is 0 Å². The Bertz CT molecular complexity index is 298. The average molecular weight is 218 g/mol. The first kappa shape index (κ1) is 10.3. The molecule has 0 atom stereocenters. The van der Waals surface area contributed by atoms with Crippen LogP contribution in [0.2, 0.25) is 0 Å².